The Morgan fingerprint density at radius 2 is 0.667 bits per heavy atom. The molecular formula is C50H35N. The third-order valence-electron chi connectivity index (χ3n) is 9.86. The van der Waals surface area contributed by atoms with Crippen molar-refractivity contribution in [1.29, 1.82) is 0 Å². The molecular weight excluding hydrogens is 615 g/mol. The summed E-state index contributed by atoms with van der Waals surface area (Å²) >= 11 is 0. The van der Waals surface area contributed by atoms with Crippen molar-refractivity contribution in [1.82, 2.24) is 0 Å². The highest BCUT2D eigenvalue weighted by Crippen LogP contribution is 2.41. The Morgan fingerprint density at radius 3 is 1.29 bits per heavy atom. The number of nitrogens with zero attached hydrogens (tertiary/aromatic N) is 1. The van der Waals surface area contributed by atoms with Gasteiger partial charge in [-0.25, -0.2) is 0 Å². The van der Waals surface area contributed by atoms with E-state index in [-0.39, 0.29) is 0 Å². The quantitative estimate of drug-likeness (QED) is 0.166. The minimum Gasteiger partial charge on any atom is -0.310 e. The molecule has 0 unspecified atom stereocenters. The lowest BCUT2D eigenvalue weighted by molar-refractivity contribution is 1.30. The Morgan fingerprint density at radius 1 is 0.255 bits per heavy atom. The van der Waals surface area contributed by atoms with Crippen LogP contribution in [0.3, 0.4) is 0 Å². The van der Waals surface area contributed by atoms with Gasteiger partial charge in [0.1, 0.15) is 0 Å². The maximum Gasteiger partial charge on any atom is 0.0540 e. The Kier molecular flexibility index (Phi) is 7.92. The Labute approximate surface area is 299 Å². The number of hydrogen-bond acceptors (Lipinski definition) is 1. The predicted octanol–water partition coefficient (Wildman–Crippen LogP) is 14.1. The average Bonchev–Trinajstić information content (AvgIpc) is 3.22. The van der Waals surface area contributed by atoms with E-state index in [4.69, 9.17) is 0 Å². The second-order valence-corrected chi connectivity index (χ2v) is 13.0. The van der Waals surface area contributed by atoms with E-state index in [9.17, 15) is 0 Å². The first-order valence-electron chi connectivity index (χ1n) is 17.5. The van der Waals surface area contributed by atoms with E-state index < -0.39 is 0 Å². The molecule has 0 saturated carbocycles. The summed E-state index contributed by atoms with van der Waals surface area (Å²) in [5, 5.41) is 4.96. The maximum atomic E-state index is 2.38. The van der Waals surface area contributed by atoms with E-state index in [1.807, 2.05) is 0 Å². The van der Waals surface area contributed by atoms with Crippen LogP contribution in [0.2, 0.25) is 0 Å². The van der Waals surface area contributed by atoms with Crippen LogP contribution in [0.5, 0.6) is 0 Å². The van der Waals surface area contributed by atoms with Crippen LogP contribution in [-0.2, 0) is 0 Å². The van der Waals surface area contributed by atoms with Gasteiger partial charge in [0.25, 0.3) is 0 Å². The fourth-order valence-corrected chi connectivity index (χ4v) is 7.29. The molecule has 0 heterocycles. The lowest BCUT2D eigenvalue weighted by Crippen LogP contribution is -2.10. The lowest BCUT2D eigenvalue weighted by atomic mass is 9.95. The molecule has 9 aromatic carbocycles. The summed E-state index contributed by atoms with van der Waals surface area (Å²) in [6, 6.07) is 76.6. The molecule has 0 bridgehead atoms. The van der Waals surface area contributed by atoms with Crippen molar-refractivity contribution in [2.75, 3.05) is 4.90 Å². The molecule has 0 aliphatic rings. The smallest absolute Gasteiger partial charge is 0.0540 e. The average molecular weight is 650 g/mol. The molecule has 9 aromatic rings. The third kappa shape index (κ3) is 5.96. The van der Waals surface area contributed by atoms with E-state index in [1.54, 1.807) is 0 Å². The number of fused-ring (bicyclic) bond motifs is 2. The van der Waals surface area contributed by atoms with E-state index in [2.05, 4.69) is 217 Å². The molecule has 0 amide bonds. The van der Waals surface area contributed by atoms with Gasteiger partial charge in [-0.1, -0.05) is 170 Å². The predicted molar refractivity (Wildman–Crippen MR) is 218 cm³/mol. The van der Waals surface area contributed by atoms with Gasteiger partial charge in [0.15, 0.2) is 0 Å². The molecule has 51 heavy (non-hydrogen) atoms. The van der Waals surface area contributed by atoms with Crippen LogP contribution >= 0.6 is 0 Å². The molecule has 0 saturated heterocycles. The minimum absolute atomic E-state index is 1.11. The highest BCUT2D eigenvalue weighted by molar-refractivity contribution is 6.00. The van der Waals surface area contributed by atoms with Gasteiger partial charge in [0.2, 0.25) is 0 Å². The lowest BCUT2D eigenvalue weighted by Gasteiger charge is -2.27. The number of hydrogen-bond donors (Lipinski definition) is 0. The minimum atomic E-state index is 1.11. The first-order valence-corrected chi connectivity index (χ1v) is 17.5. The monoisotopic (exact) mass is 649 g/mol. The fourth-order valence-electron chi connectivity index (χ4n) is 7.29. The van der Waals surface area contributed by atoms with E-state index in [0.717, 1.165) is 17.1 Å². The van der Waals surface area contributed by atoms with Crippen molar-refractivity contribution in [2.24, 2.45) is 0 Å². The van der Waals surface area contributed by atoms with Crippen molar-refractivity contribution < 1.29 is 0 Å². The van der Waals surface area contributed by atoms with E-state index >= 15 is 0 Å². The van der Waals surface area contributed by atoms with Crippen LogP contribution in [0, 0.1) is 0 Å². The fraction of sp³-hybridized carbons (Fsp3) is 0. The molecule has 1 heteroatoms. The van der Waals surface area contributed by atoms with Crippen LogP contribution in [0.4, 0.5) is 17.1 Å². The molecule has 0 atom stereocenters. The molecule has 0 aromatic heterocycles. The number of rotatable bonds is 7. The van der Waals surface area contributed by atoms with Gasteiger partial charge < -0.3 is 4.90 Å². The van der Waals surface area contributed by atoms with Gasteiger partial charge in [0.05, 0.1) is 5.69 Å². The van der Waals surface area contributed by atoms with Gasteiger partial charge in [0, 0.05) is 16.8 Å². The van der Waals surface area contributed by atoms with Crippen molar-refractivity contribution in [3.05, 3.63) is 212 Å². The van der Waals surface area contributed by atoms with Gasteiger partial charge >= 0.3 is 0 Å². The van der Waals surface area contributed by atoms with Gasteiger partial charge in [-0.3, -0.25) is 0 Å². The standard InChI is InChI=1S/C50H35N/c1-2-12-36(13-3-1)41-18-8-19-42(34-41)37-26-30-45(31-27-37)51(50-25-11-17-40-15-5-7-23-49(40)50)46-32-28-38(29-33-46)43-20-9-21-44(35-43)48-24-10-16-39-14-4-6-22-47(39)48/h1-35H. The summed E-state index contributed by atoms with van der Waals surface area (Å²) in [7, 11) is 0. The zero-order chi connectivity index (χ0) is 34.0. The van der Waals surface area contributed by atoms with Crippen LogP contribution in [0.25, 0.3) is 66.1 Å². The summed E-state index contributed by atoms with van der Waals surface area (Å²) in [6.07, 6.45) is 0. The largest absolute Gasteiger partial charge is 0.310 e. The van der Waals surface area contributed by atoms with Gasteiger partial charge in [-0.05, 0) is 103 Å². The first-order chi connectivity index (χ1) is 25.3. The zero-order valence-electron chi connectivity index (χ0n) is 28.2. The molecule has 9 rings (SSSR count). The second kappa shape index (κ2) is 13.3. The Bertz CT molecular complexity index is 2610. The van der Waals surface area contributed by atoms with E-state index in [1.165, 1.54) is 66.1 Å². The molecule has 240 valence electrons. The normalized spacial score (nSPS) is 11.1. The van der Waals surface area contributed by atoms with Crippen LogP contribution in [0.1, 0.15) is 0 Å². The summed E-state index contributed by atoms with van der Waals surface area (Å²) < 4.78 is 0. The Hall–Kier alpha value is -6.70. The number of anilines is 3. The SMILES string of the molecule is c1ccc(-c2cccc(-c3ccc(N(c4ccc(-c5cccc(-c6cccc7ccccc67)c5)cc4)c4cccc5ccccc45)cc3)c2)cc1. The zero-order valence-corrected chi connectivity index (χ0v) is 28.2. The molecule has 0 spiro atoms. The van der Waals surface area contributed by atoms with Crippen LogP contribution in [0.15, 0.2) is 212 Å². The summed E-state index contributed by atoms with van der Waals surface area (Å²) in [5.41, 5.74) is 13.1. The summed E-state index contributed by atoms with van der Waals surface area (Å²) in [5.74, 6) is 0. The molecule has 0 fully saturated rings. The van der Waals surface area contributed by atoms with Crippen LogP contribution < -0.4 is 4.90 Å². The second-order valence-electron chi connectivity index (χ2n) is 13.0. The first kappa shape index (κ1) is 30.4. The van der Waals surface area contributed by atoms with Gasteiger partial charge in [-0.15, -0.1) is 0 Å². The molecule has 0 aliphatic carbocycles. The van der Waals surface area contributed by atoms with Crippen LogP contribution in [-0.4, -0.2) is 0 Å². The third-order valence-corrected chi connectivity index (χ3v) is 9.86. The highest BCUT2D eigenvalue weighted by atomic mass is 15.1. The topological polar surface area (TPSA) is 3.24 Å². The highest BCUT2D eigenvalue weighted by Gasteiger charge is 2.16. The maximum absolute atomic E-state index is 2.38. The van der Waals surface area contributed by atoms with Crippen molar-refractivity contribution in [3.63, 3.8) is 0 Å². The van der Waals surface area contributed by atoms with Crippen molar-refractivity contribution in [2.45, 2.75) is 0 Å². The van der Waals surface area contributed by atoms with Crippen molar-refractivity contribution >= 4 is 38.6 Å². The molecule has 0 N–H and O–H groups in total. The van der Waals surface area contributed by atoms with Crippen molar-refractivity contribution in [3.8, 4) is 44.5 Å². The summed E-state index contributed by atoms with van der Waals surface area (Å²) in [6.45, 7) is 0. The van der Waals surface area contributed by atoms with Gasteiger partial charge in [-0.2, -0.15) is 0 Å². The molecule has 1 nitrogen and oxygen atoms in total. The Balaban J connectivity index is 1.09. The molecule has 0 radical (unpaired) electrons. The number of benzene rings is 9. The summed E-state index contributed by atoms with van der Waals surface area (Å²) in [4.78, 5) is 2.38. The van der Waals surface area contributed by atoms with E-state index in [0.29, 0.717) is 0 Å². The molecule has 0 aliphatic heterocycles.